The molecule has 0 bridgehead atoms. The van der Waals surface area contributed by atoms with E-state index < -0.39 is 0 Å². The van der Waals surface area contributed by atoms with Crippen molar-refractivity contribution in [2.45, 2.75) is 20.4 Å². The lowest BCUT2D eigenvalue weighted by molar-refractivity contribution is -0.119. The molecule has 0 atom stereocenters. The normalized spacial score (nSPS) is 10.8. The fraction of sp³-hybridized carbons (Fsp3) is 0.769. The fourth-order valence-corrected chi connectivity index (χ4v) is 1.50. The molecule has 8 heteroatoms. The van der Waals surface area contributed by atoms with Gasteiger partial charge in [0.15, 0.2) is 0 Å². The zero-order valence-electron chi connectivity index (χ0n) is 12.7. The number of ether oxygens (including phenoxy) is 3. The molecular formula is C13H24N4O4. The number of amides is 1. The molecule has 0 radical (unpaired) electrons. The fourth-order valence-electron chi connectivity index (χ4n) is 1.50. The third-order valence-electron chi connectivity index (χ3n) is 2.48. The molecule has 0 saturated heterocycles. The second-order valence-corrected chi connectivity index (χ2v) is 4.44. The van der Waals surface area contributed by atoms with E-state index in [2.05, 4.69) is 15.6 Å². The zero-order chi connectivity index (χ0) is 15.3. The van der Waals surface area contributed by atoms with E-state index in [0.29, 0.717) is 52.7 Å². The quantitative estimate of drug-likeness (QED) is 0.537. The van der Waals surface area contributed by atoms with Crippen LogP contribution in [0.25, 0.3) is 0 Å². The second-order valence-electron chi connectivity index (χ2n) is 4.44. The maximum absolute atomic E-state index is 10.6. The van der Waals surface area contributed by atoms with Crippen LogP contribution in [0.1, 0.15) is 12.6 Å². The van der Waals surface area contributed by atoms with Crippen LogP contribution in [-0.2, 0) is 25.5 Å². The molecule has 1 aromatic heterocycles. The van der Waals surface area contributed by atoms with E-state index in [-0.39, 0.29) is 5.91 Å². The minimum atomic E-state index is -0.0481. The van der Waals surface area contributed by atoms with Crippen LogP contribution in [0.2, 0.25) is 0 Å². The molecule has 0 aromatic carbocycles. The average Bonchev–Trinajstić information content (AvgIpc) is 2.85. The number of rotatable bonds is 12. The molecule has 0 unspecified atom stereocenters. The Morgan fingerprint density at radius 2 is 1.76 bits per heavy atom. The summed E-state index contributed by atoms with van der Waals surface area (Å²) in [7, 11) is 0. The average molecular weight is 300 g/mol. The van der Waals surface area contributed by atoms with E-state index in [4.69, 9.17) is 14.2 Å². The molecule has 1 heterocycles. The first-order valence-corrected chi connectivity index (χ1v) is 7.03. The standard InChI is InChI=1S/C13H24N4O4/c1-12-11-17(16-15-12)4-6-20-8-10-21-9-7-19-5-3-14-13(2)18/h11H,3-10H2,1-2H3,(H,14,18). The van der Waals surface area contributed by atoms with Gasteiger partial charge in [0.2, 0.25) is 5.91 Å². The van der Waals surface area contributed by atoms with Gasteiger partial charge in [-0.2, -0.15) is 0 Å². The summed E-state index contributed by atoms with van der Waals surface area (Å²) in [4.78, 5) is 10.6. The van der Waals surface area contributed by atoms with E-state index in [1.165, 1.54) is 6.92 Å². The molecule has 1 amide bonds. The SMILES string of the molecule is CC(=O)NCCOCCOCCOCCn1cc(C)nn1. The number of hydrogen-bond donors (Lipinski definition) is 1. The van der Waals surface area contributed by atoms with Gasteiger partial charge in [-0.15, -0.1) is 5.10 Å². The van der Waals surface area contributed by atoms with Crippen molar-refractivity contribution in [1.82, 2.24) is 20.3 Å². The van der Waals surface area contributed by atoms with E-state index in [1.807, 2.05) is 13.1 Å². The van der Waals surface area contributed by atoms with Crippen molar-refractivity contribution in [3.05, 3.63) is 11.9 Å². The van der Waals surface area contributed by atoms with Crippen molar-refractivity contribution in [2.24, 2.45) is 0 Å². The minimum absolute atomic E-state index is 0.0481. The lowest BCUT2D eigenvalue weighted by atomic mass is 10.5. The Balaban J connectivity index is 1.77. The maximum atomic E-state index is 10.6. The van der Waals surface area contributed by atoms with Crippen LogP contribution in [0.5, 0.6) is 0 Å². The Hall–Kier alpha value is -1.51. The molecule has 1 N–H and O–H groups in total. The largest absolute Gasteiger partial charge is 0.377 e. The molecule has 0 spiro atoms. The molecule has 120 valence electrons. The van der Waals surface area contributed by atoms with Crippen molar-refractivity contribution < 1.29 is 19.0 Å². The number of nitrogens with zero attached hydrogens (tertiary/aromatic N) is 3. The van der Waals surface area contributed by atoms with Gasteiger partial charge in [0.05, 0.1) is 51.9 Å². The van der Waals surface area contributed by atoms with E-state index in [9.17, 15) is 4.79 Å². The van der Waals surface area contributed by atoms with Crippen molar-refractivity contribution in [3.8, 4) is 0 Å². The zero-order valence-corrected chi connectivity index (χ0v) is 12.7. The highest BCUT2D eigenvalue weighted by Gasteiger charge is 1.96. The van der Waals surface area contributed by atoms with E-state index >= 15 is 0 Å². The van der Waals surface area contributed by atoms with E-state index in [1.54, 1.807) is 4.68 Å². The minimum Gasteiger partial charge on any atom is -0.377 e. The third-order valence-corrected chi connectivity index (χ3v) is 2.48. The van der Waals surface area contributed by atoms with Crippen molar-refractivity contribution in [1.29, 1.82) is 0 Å². The monoisotopic (exact) mass is 300 g/mol. The number of carbonyl (C=O) groups is 1. The van der Waals surface area contributed by atoms with Gasteiger partial charge in [0.25, 0.3) is 0 Å². The van der Waals surface area contributed by atoms with Crippen LogP contribution in [0.3, 0.4) is 0 Å². The van der Waals surface area contributed by atoms with Crippen molar-refractivity contribution >= 4 is 5.91 Å². The Morgan fingerprint density at radius 3 is 2.33 bits per heavy atom. The highest BCUT2D eigenvalue weighted by molar-refractivity contribution is 5.72. The first-order chi connectivity index (χ1) is 10.2. The van der Waals surface area contributed by atoms with Gasteiger partial charge in [-0.25, -0.2) is 4.68 Å². The first-order valence-electron chi connectivity index (χ1n) is 7.03. The molecule has 0 aliphatic heterocycles. The summed E-state index contributed by atoms with van der Waals surface area (Å²) in [5.41, 5.74) is 0.900. The first kappa shape index (κ1) is 17.5. The Morgan fingerprint density at radius 1 is 1.14 bits per heavy atom. The third kappa shape index (κ3) is 9.94. The van der Waals surface area contributed by atoms with Crippen LogP contribution >= 0.6 is 0 Å². The lowest BCUT2D eigenvalue weighted by Crippen LogP contribution is -2.25. The smallest absolute Gasteiger partial charge is 0.216 e. The van der Waals surface area contributed by atoms with Gasteiger partial charge in [-0.3, -0.25) is 4.79 Å². The summed E-state index contributed by atoms with van der Waals surface area (Å²) < 4.78 is 17.8. The molecule has 1 aromatic rings. The summed E-state index contributed by atoms with van der Waals surface area (Å²) in [6.45, 7) is 7.78. The summed E-state index contributed by atoms with van der Waals surface area (Å²) in [6.07, 6.45) is 1.87. The highest BCUT2D eigenvalue weighted by atomic mass is 16.5. The summed E-state index contributed by atoms with van der Waals surface area (Å²) in [5.74, 6) is -0.0481. The number of carbonyl (C=O) groups excluding carboxylic acids is 1. The number of hydrogen-bond acceptors (Lipinski definition) is 6. The summed E-state index contributed by atoms with van der Waals surface area (Å²) in [5, 5.41) is 10.5. The van der Waals surface area contributed by atoms with Gasteiger partial charge in [-0.05, 0) is 6.92 Å². The van der Waals surface area contributed by atoms with Crippen LogP contribution in [0.15, 0.2) is 6.20 Å². The Bertz CT molecular complexity index is 397. The molecule has 21 heavy (non-hydrogen) atoms. The van der Waals surface area contributed by atoms with Crippen molar-refractivity contribution in [2.75, 3.05) is 46.2 Å². The number of aryl methyl sites for hydroxylation is 1. The van der Waals surface area contributed by atoms with E-state index in [0.717, 1.165) is 5.69 Å². The number of aromatic nitrogens is 3. The Labute approximate surface area is 124 Å². The molecule has 1 rings (SSSR count). The Kier molecular flexibility index (Phi) is 9.34. The maximum Gasteiger partial charge on any atom is 0.216 e. The number of nitrogens with one attached hydrogen (secondary N) is 1. The lowest BCUT2D eigenvalue weighted by Gasteiger charge is -2.07. The summed E-state index contributed by atoms with van der Waals surface area (Å²) in [6, 6.07) is 0. The van der Waals surface area contributed by atoms with Crippen molar-refractivity contribution in [3.63, 3.8) is 0 Å². The van der Waals surface area contributed by atoms with Gasteiger partial charge >= 0.3 is 0 Å². The second kappa shape index (κ2) is 11.2. The molecule has 0 aliphatic rings. The van der Waals surface area contributed by atoms with Gasteiger partial charge in [-0.1, -0.05) is 5.21 Å². The molecule has 0 saturated carbocycles. The molecule has 8 nitrogen and oxygen atoms in total. The van der Waals surface area contributed by atoms with Crippen LogP contribution < -0.4 is 5.32 Å². The highest BCUT2D eigenvalue weighted by Crippen LogP contribution is 1.89. The molecule has 0 aliphatic carbocycles. The van der Waals surface area contributed by atoms with Gasteiger partial charge in [0.1, 0.15) is 0 Å². The topological polar surface area (TPSA) is 87.5 Å². The van der Waals surface area contributed by atoms with Crippen LogP contribution in [-0.4, -0.2) is 67.1 Å². The van der Waals surface area contributed by atoms with Gasteiger partial charge < -0.3 is 19.5 Å². The summed E-state index contributed by atoms with van der Waals surface area (Å²) >= 11 is 0. The predicted octanol–water partition coefficient (Wildman–Crippen LogP) is -0.228. The van der Waals surface area contributed by atoms with Gasteiger partial charge in [0, 0.05) is 19.7 Å². The molecular weight excluding hydrogens is 276 g/mol. The molecule has 0 fully saturated rings. The van der Waals surface area contributed by atoms with Crippen LogP contribution in [0.4, 0.5) is 0 Å². The predicted molar refractivity (Wildman–Crippen MR) is 75.9 cm³/mol. The van der Waals surface area contributed by atoms with Crippen LogP contribution in [0, 0.1) is 6.92 Å².